The van der Waals surface area contributed by atoms with Gasteiger partial charge in [0.15, 0.2) is 12.2 Å². The normalized spacial score (nSPS) is 36.0. The quantitative estimate of drug-likeness (QED) is 0.275. The third-order valence-electron chi connectivity index (χ3n) is 6.18. The minimum absolute atomic E-state index is 0.00669. The van der Waals surface area contributed by atoms with Gasteiger partial charge in [-0.05, 0) is 33.6 Å². The Labute approximate surface area is 186 Å². The molecule has 2 fully saturated rings. The molecule has 0 aromatic carbocycles. The average molecular weight is 448 g/mol. The fourth-order valence-corrected chi connectivity index (χ4v) is 4.21. The maximum atomic E-state index is 12.8. The number of methoxy groups -OCH3 is 1. The number of epoxide rings is 1. The van der Waals surface area contributed by atoms with Crippen molar-refractivity contribution in [2.24, 2.45) is 5.92 Å². The van der Waals surface area contributed by atoms with Crippen molar-refractivity contribution < 1.29 is 42.9 Å². The lowest BCUT2D eigenvalue weighted by atomic mass is 9.80. The molecule has 2 aliphatic heterocycles. The van der Waals surface area contributed by atoms with Gasteiger partial charge in [-0.1, -0.05) is 18.7 Å². The van der Waals surface area contributed by atoms with Crippen molar-refractivity contribution >= 4 is 23.9 Å². The van der Waals surface area contributed by atoms with Crippen LogP contribution in [0.2, 0.25) is 0 Å². The van der Waals surface area contributed by atoms with E-state index >= 15 is 0 Å². The molecule has 2 heterocycles. The Hall–Kier alpha value is -2.94. The summed E-state index contributed by atoms with van der Waals surface area (Å²) in [6.45, 7) is 10.1. The molecule has 0 spiro atoms. The second-order valence-corrected chi connectivity index (χ2v) is 8.33. The van der Waals surface area contributed by atoms with Crippen molar-refractivity contribution in [1.82, 2.24) is 0 Å². The molecule has 9 heteroatoms. The molecule has 9 nitrogen and oxygen atoms in total. The fourth-order valence-electron chi connectivity index (χ4n) is 4.21. The van der Waals surface area contributed by atoms with E-state index in [1.54, 1.807) is 26.0 Å². The predicted octanol–water partition coefficient (Wildman–Crippen LogP) is 1.94. The Morgan fingerprint density at radius 1 is 1.25 bits per heavy atom. The lowest BCUT2D eigenvalue weighted by molar-refractivity contribution is -0.168. The first-order valence-electron chi connectivity index (χ1n) is 10.4. The van der Waals surface area contributed by atoms with Gasteiger partial charge in [-0.3, -0.25) is 4.79 Å². The number of esters is 4. The van der Waals surface area contributed by atoms with Gasteiger partial charge in [0.25, 0.3) is 0 Å². The summed E-state index contributed by atoms with van der Waals surface area (Å²) in [4.78, 5) is 49.9. The fraction of sp³-hybridized carbons (Fsp3) is 0.565. The molecule has 6 atom stereocenters. The molecule has 0 saturated carbocycles. The molecular formula is C23H28O9. The maximum absolute atomic E-state index is 12.8. The van der Waals surface area contributed by atoms with Crippen LogP contribution in [-0.2, 0) is 42.9 Å². The highest BCUT2D eigenvalue weighted by atomic mass is 16.7. The number of hydrogen-bond acceptors (Lipinski definition) is 9. The Morgan fingerprint density at radius 3 is 2.53 bits per heavy atom. The maximum Gasteiger partial charge on any atom is 0.337 e. The highest BCUT2D eigenvalue weighted by molar-refractivity contribution is 5.93. The zero-order chi connectivity index (χ0) is 23.8. The number of carbonyl (C=O) groups is 4. The van der Waals surface area contributed by atoms with Gasteiger partial charge in [0.05, 0.1) is 24.2 Å². The highest BCUT2D eigenvalue weighted by Crippen LogP contribution is 2.50. The van der Waals surface area contributed by atoms with Crippen LogP contribution in [0, 0.1) is 5.92 Å². The second-order valence-electron chi connectivity index (χ2n) is 8.33. The van der Waals surface area contributed by atoms with Crippen molar-refractivity contribution in [3.8, 4) is 0 Å². The van der Waals surface area contributed by atoms with Crippen molar-refractivity contribution in [3.63, 3.8) is 0 Å². The average Bonchev–Trinajstić information content (AvgIpc) is 3.33. The van der Waals surface area contributed by atoms with Crippen molar-refractivity contribution in [2.45, 2.75) is 70.6 Å². The van der Waals surface area contributed by atoms with E-state index < -0.39 is 59.8 Å². The van der Waals surface area contributed by atoms with E-state index in [-0.39, 0.29) is 11.1 Å². The Balaban J connectivity index is 2.17. The first-order valence-corrected chi connectivity index (χ1v) is 10.4. The summed E-state index contributed by atoms with van der Waals surface area (Å²) in [5.41, 5.74) is -0.238. The molecule has 0 N–H and O–H groups in total. The van der Waals surface area contributed by atoms with Crippen LogP contribution in [0.4, 0.5) is 0 Å². The van der Waals surface area contributed by atoms with Crippen LogP contribution in [0.25, 0.3) is 0 Å². The smallest absolute Gasteiger partial charge is 0.337 e. The van der Waals surface area contributed by atoms with Gasteiger partial charge in [0.1, 0.15) is 12.2 Å². The molecule has 0 bridgehead atoms. The first-order chi connectivity index (χ1) is 15.0. The minimum Gasteiger partial charge on any atom is -0.466 e. The van der Waals surface area contributed by atoms with E-state index in [4.69, 9.17) is 23.7 Å². The number of hydrogen-bond donors (Lipinski definition) is 0. The molecular weight excluding hydrogens is 420 g/mol. The summed E-state index contributed by atoms with van der Waals surface area (Å²) in [6, 6.07) is 0. The largest absolute Gasteiger partial charge is 0.466 e. The number of fused-ring (bicyclic) bond motifs is 3. The summed E-state index contributed by atoms with van der Waals surface area (Å²) in [6.07, 6.45) is 0.190. The van der Waals surface area contributed by atoms with Crippen LogP contribution in [0.1, 0.15) is 40.5 Å². The van der Waals surface area contributed by atoms with Crippen molar-refractivity contribution in [2.75, 3.05) is 7.11 Å². The van der Waals surface area contributed by atoms with Crippen molar-refractivity contribution in [1.29, 1.82) is 0 Å². The third-order valence-corrected chi connectivity index (χ3v) is 6.18. The molecule has 3 rings (SSSR count). The SMILES string of the molecule is C=C1C(=O)O[C@@H]2[C@H]1[C@H](OC(=O)/C(C)=C\C)[C@@H](OC(C)=O)/C(C(=O)OC)=C\CC[C@@]1(C)O[C@@H]21. The lowest BCUT2D eigenvalue weighted by Gasteiger charge is -2.33. The van der Waals surface area contributed by atoms with Gasteiger partial charge in [-0.2, -0.15) is 0 Å². The van der Waals surface area contributed by atoms with E-state index in [0.29, 0.717) is 18.4 Å². The Bertz CT molecular complexity index is 914. The topological polar surface area (TPSA) is 118 Å². The highest BCUT2D eigenvalue weighted by Gasteiger charge is 2.64. The molecule has 0 radical (unpaired) electrons. The van der Waals surface area contributed by atoms with Crippen LogP contribution in [0.15, 0.2) is 35.5 Å². The van der Waals surface area contributed by atoms with Crippen LogP contribution < -0.4 is 0 Å². The number of carbonyl (C=O) groups excluding carboxylic acids is 4. The van der Waals surface area contributed by atoms with Gasteiger partial charge >= 0.3 is 23.9 Å². The zero-order valence-electron chi connectivity index (χ0n) is 18.8. The summed E-state index contributed by atoms with van der Waals surface area (Å²) >= 11 is 0. The van der Waals surface area contributed by atoms with Crippen molar-refractivity contribution in [3.05, 3.63) is 35.5 Å². The Kier molecular flexibility index (Phi) is 6.59. The van der Waals surface area contributed by atoms with Gasteiger partial charge in [-0.25, -0.2) is 14.4 Å². The molecule has 0 aromatic heterocycles. The third kappa shape index (κ3) is 4.34. The van der Waals surface area contributed by atoms with E-state index in [2.05, 4.69) is 6.58 Å². The van der Waals surface area contributed by atoms with Gasteiger partial charge in [-0.15, -0.1) is 0 Å². The van der Waals surface area contributed by atoms with E-state index in [1.807, 2.05) is 6.92 Å². The summed E-state index contributed by atoms with van der Waals surface area (Å²) in [5, 5.41) is 0. The number of allylic oxidation sites excluding steroid dienone is 2. The summed E-state index contributed by atoms with van der Waals surface area (Å²) in [7, 11) is 1.20. The van der Waals surface area contributed by atoms with E-state index in [1.165, 1.54) is 14.0 Å². The minimum atomic E-state index is -1.34. The monoisotopic (exact) mass is 448 g/mol. The molecule has 174 valence electrons. The van der Waals surface area contributed by atoms with E-state index in [9.17, 15) is 19.2 Å². The molecule has 32 heavy (non-hydrogen) atoms. The molecule has 1 aliphatic carbocycles. The molecule has 3 aliphatic rings. The van der Waals surface area contributed by atoms with E-state index in [0.717, 1.165) is 0 Å². The number of ether oxygens (including phenoxy) is 5. The van der Waals surface area contributed by atoms with Gasteiger partial charge < -0.3 is 23.7 Å². The van der Waals surface area contributed by atoms with Crippen LogP contribution >= 0.6 is 0 Å². The van der Waals surface area contributed by atoms with Crippen LogP contribution in [0.5, 0.6) is 0 Å². The van der Waals surface area contributed by atoms with Gasteiger partial charge in [0.2, 0.25) is 0 Å². The number of rotatable bonds is 4. The summed E-state index contributed by atoms with van der Waals surface area (Å²) in [5.74, 6) is -3.71. The summed E-state index contributed by atoms with van der Waals surface area (Å²) < 4.78 is 27.6. The Morgan fingerprint density at radius 2 is 1.94 bits per heavy atom. The standard InChI is InChI=1S/C23H28O9/c1-7-11(2)20(25)30-17-15-12(3)21(26)31-18(15)19-23(5,32-19)10-8-9-14(22(27)28-6)16(17)29-13(4)24/h7,9,15-19H,3,8,10H2,1-2,4-6H3/b11-7-,14-9+/t15-,16+,17+,18-,19+,23-/m1/s1. The molecule has 2 saturated heterocycles. The first kappa shape index (κ1) is 23.7. The van der Waals surface area contributed by atoms with Crippen LogP contribution in [-0.4, -0.2) is 61.0 Å². The molecule has 0 amide bonds. The van der Waals surface area contributed by atoms with Gasteiger partial charge in [0, 0.05) is 18.1 Å². The molecule has 0 unspecified atom stereocenters. The second kappa shape index (κ2) is 8.90. The lowest BCUT2D eigenvalue weighted by Crippen LogP contribution is -2.48. The predicted molar refractivity (Wildman–Crippen MR) is 110 cm³/mol. The zero-order valence-corrected chi connectivity index (χ0v) is 18.8. The van der Waals surface area contributed by atoms with Crippen LogP contribution in [0.3, 0.4) is 0 Å². The molecule has 0 aromatic rings.